The number of carbonyl (C=O) groups is 1. The fourth-order valence-electron chi connectivity index (χ4n) is 3.87. The first-order chi connectivity index (χ1) is 14.8. The zero-order valence-corrected chi connectivity index (χ0v) is 17.2. The van der Waals surface area contributed by atoms with Gasteiger partial charge in [-0.2, -0.15) is 0 Å². The fourth-order valence-corrected chi connectivity index (χ4v) is 3.87. The molecule has 0 radical (unpaired) electrons. The molecule has 30 heavy (non-hydrogen) atoms. The molecule has 1 amide bonds. The minimum atomic E-state index is -0.107. The molecule has 1 atom stereocenters. The Balaban J connectivity index is 1.32. The molecule has 2 aliphatic heterocycles. The highest BCUT2D eigenvalue weighted by molar-refractivity contribution is 5.94. The van der Waals surface area contributed by atoms with Gasteiger partial charge >= 0.3 is 0 Å². The molecule has 0 bridgehead atoms. The molecule has 8 nitrogen and oxygen atoms in total. The first-order valence-corrected chi connectivity index (χ1v) is 10.6. The smallest absolute Gasteiger partial charge is 0.229 e. The molecule has 2 fully saturated rings. The van der Waals surface area contributed by atoms with Crippen molar-refractivity contribution in [3.8, 4) is 5.75 Å². The maximum Gasteiger partial charge on any atom is 0.229 e. The number of benzene rings is 1. The first kappa shape index (κ1) is 20.6. The van der Waals surface area contributed by atoms with E-state index in [-0.39, 0.29) is 11.8 Å². The van der Waals surface area contributed by atoms with E-state index < -0.39 is 0 Å². The molecular formula is C22H29N5O3. The molecular weight excluding hydrogens is 382 g/mol. The van der Waals surface area contributed by atoms with Crippen molar-refractivity contribution in [3.63, 3.8) is 0 Å². The highest BCUT2D eigenvalue weighted by Crippen LogP contribution is 2.26. The van der Waals surface area contributed by atoms with Gasteiger partial charge < -0.3 is 19.7 Å². The molecule has 1 aromatic heterocycles. The number of anilines is 2. The highest BCUT2D eigenvalue weighted by Gasteiger charge is 2.27. The number of nitrogens with one attached hydrogen (secondary N) is 1. The monoisotopic (exact) mass is 411 g/mol. The van der Waals surface area contributed by atoms with Gasteiger partial charge in [0.15, 0.2) is 0 Å². The van der Waals surface area contributed by atoms with Crippen molar-refractivity contribution < 1.29 is 14.3 Å². The number of rotatable bonds is 7. The van der Waals surface area contributed by atoms with Crippen molar-refractivity contribution in [1.29, 1.82) is 0 Å². The number of hydrogen-bond donors (Lipinski definition) is 1. The van der Waals surface area contributed by atoms with E-state index in [2.05, 4.69) is 25.1 Å². The van der Waals surface area contributed by atoms with E-state index in [1.54, 1.807) is 18.5 Å². The number of amides is 1. The lowest BCUT2D eigenvalue weighted by molar-refractivity contribution is -0.120. The van der Waals surface area contributed by atoms with Crippen molar-refractivity contribution in [1.82, 2.24) is 14.9 Å². The molecule has 8 heteroatoms. The van der Waals surface area contributed by atoms with Gasteiger partial charge in [-0.05, 0) is 31.0 Å². The Morgan fingerprint density at radius 3 is 2.77 bits per heavy atom. The summed E-state index contributed by atoms with van der Waals surface area (Å²) in [5.41, 5.74) is 0.720. The molecule has 0 aliphatic carbocycles. The van der Waals surface area contributed by atoms with Crippen LogP contribution in [0.1, 0.15) is 12.8 Å². The average Bonchev–Trinajstić information content (AvgIpc) is 2.81. The SMILES string of the molecule is O=C(Nc1ccccc1OCCN1CCOCC1)[C@H]1CCCN(c2ncccn2)C1. The molecule has 4 rings (SSSR count). The van der Waals surface area contributed by atoms with Crippen molar-refractivity contribution in [2.45, 2.75) is 12.8 Å². The van der Waals surface area contributed by atoms with Gasteiger partial charge in [0.2, 0.25) is 11.9 Å². The van der Waals surface area contributed by atoms with Crippen LogP contribution < -0.4 is 15.0 Å². The standard InChI is InChI=1S/C22H29N5O3/c28-21(18-5-3-10-27(17-18)22-23-8-4-9-24-22)25-19-6-1-2-7-20(19)30-16-13-26-11-14-29-15-12-26/h1-2,4,6-9,18H,3,5,10-17H2,(H,25,28)/t18-/m0/s1. The second kappa shape index (κ2) is 10.4. The second-order valence-corrected chi connectivity index (χ2v) is 7.62. The number of hydrogen-bond acceptors (Lipinski definition) is 7. The largest absolute Gasteiger partial charge is 0.490 e. The summed E-state index contributed by atoms with van der Waals surface area (Å²) < 4.78 is 11.4. The zero-order chi connectivity index (χ0) is 20.6. The Bertz CT molecular complexity index is 813. The van der Waals surface area contributed by atoms with Gasteiger partial charge in [-0.15, -0.1) is 0 Å². The van der Waals surface area contributed by atoms with E-state index in [0.29, 0.717) is 24.8 Å². The van der Waals surface area contributed by atoms with Crippen LogP contribution in [-0.2, 0) is 9.53 Å². The van der Waals surface area contributed by atoms with Crippen LogP contribution in [0.2, 0.25) is 0 Å². The number of morpholine rings is 1. The van der Waals surface area contributed by atoms with Gasteiger partial charge in [0.05, 0.1) is 24.8 Å². The van der Waals surface area contributed by atoms with Gasteiger partial charge in [-0.3, -0.25) is 9.69 Å². The van der Waals surface area contributed by atoms with Gasteiger partial charge in [0.1, 0.15) is 12.4 Å². The van der Waals surface area contributed by atoms with E-state index in [1.807, 2.05) is 24.3 Å². The topological polar surface area (TPSA) is 79.8 Å². The van der Waals surface area contributed by atoms with Crippen LogP contribution in [0.5, 0.6) is 5.75 Å². The van der Waals surface area contributed by atoms with Crippen LogP contribution in [-0.4, -0.2) is 73.3 Å². The quantitative estimate of drug-likeness (QED) is 0.747. The normalized spacial score (nSPS) is 20.0. The Morgan fingerprint density at radius 1 is 1.13 bits per heavy atom. The summed E-state index contributed by atoms with van der Waals surface area (Å²) >= 11 is 0. The first-order valence-electron chi connectivity index (χ1n) is 10.6. The number of carbonyl (C=O) groups excluding carboxylic acids is 1. The Kier molecular flexibility index (Phi) is 7.10. The lowest BCUT2D eigenvalue weighted by Gasteiger charge is -2.32. The number of nitrogens with zero attached hydrogens (tertiary/aromatic N) is 4. The third kappa shape index (κ3) is 5.46. The van der Waals surface area contributed by atoms with Gasteiger partial charge in [-0.25, -0.2) is 9.97 Å². The molecule has 0 saturated carbocycles. The predicted molar refractivity (Wildman–Crippen MR) is 115 cm³/mol. The van der Waals surface area contributed by atoms with E-state index in [4.69, 9.17) is 9.47 Å². The lowest BCUT2D eigenvalue weighted by atomic mass is 9.97. The van der Waals surface area contributed by atoms with Crippen molar-refractivity contribution in [2.24, 2.45) is 5.92 Å². The second-order valence-electron chi connectivity index (χ2n) is 7.62. The number of aromatic nitrogens is 2. The third-order valence-electron chi connectivity index (χ3n) is 5.54. The molecule has 0 unspecified atom stereocenters. The van der Waals surface area contributed by atoms with Crippen LogP contribution in [0.3, 0.4) is 0 Å². The summed E-state index contributed by atoms with van der Waals surface area (Å²) in [6.45, 7) is 6.34. The molecule has 160 valence electrons. The van der Waals surface area contributed by atoms with Gasteiger partial charge in [0.25, 0.3) is 0 Å². The van der Waals surface area contributed by atoms with Gasteiger partial charge in [0, 0.05) is 45.1 Å². The van der Waals surface area contributed by atoms with Crippen LogP contribution in [0, 0.1) is 5.92 Å². The summed E-state index contributed by atoms with van der Waals surface area (Å²) in [6, 6.07) is 9.43. The molecule has 2 aliphatic rings. The molecule has 0 spiro atoms. The number of ether oxygens (including phenoxy) is 2. The Labute approximate surface area is 177 Å². The van der Waals surface area contributed by atoms with E-state index in [0.717, 1.165) is 57.9 Å². The van der Waals surface area contributed by atoms with Crippen LogP contribution in [0.15, 0.2) is 42.7 Å². The summed E-state index contributed by atoms with van der Waals surface area (Å²) in [6.07, 6.45) is 5.26. The predicted octanol–water partition coefficient (Wildman–Crippen LogP) is 2.04. The summed E-state index contributed by atoms with van der Waals surface area (Å²) in [7, 11) is 0. The van der Waals surface area contributed by atoms with Crippen molar-refractivity contribution >= 4 is 17.5 Å². The van der Waals surface area contributed by atoms with Gasteiger partial charge in [-0.1, -0.05) is 12.1 Å². The van der Waals surface area contributed by atoms with Crippen molar-refractivity contribution in [3.05, 3.63) is 42.7 Å². The van der Waals surface area contributed by atoms with Crippen LogP contribution >= 0.6 is 0 Å². The minimum absolute atomic E-state index is 0.0138. The van der Waals surface area contributed by atoms with Crippen LogP contribution in [0.4, 0.5) is 11.6 Å². The fraction of sp³-hybridized carbons (Fsp3) is 0.500. The van der Waals surface area contributed by atoms with Crippen molar-refractivity contribution in [2.75, 3.05) is 62.8 Å². The molecule has 1 N–H and O–H groups in total. The maximum atomic E-state index is 13.0. The van der Waals surface area contributed by atoms with E-state index in [9.17, 15) is 4.79 Å². The Morgan fingerprint density at radius 2 is 1.93 bits per heavy atom. The minimum Gasteiger partial charge on any atom is -0.490 e. The summed E-state index contributed by atoms with van der Waals surface area (Å²) in [4.78, 5) is 26.0. The summed E-state index contributed by atoms with van der Waals surface area (Å²) in [5.74, 6) is 1.30. The maximum absolute atomic E-state index is 13.0. The molecule has 1 aromatic carbocycles. The Hall–Kier alpha value is -2.71. The van der Waals surface area contributed by atoms with E-state index >= 15 is 0 Å². The number of para-hydroxylation sites is 2. The lowest BCUT2D eigenvalue weighted by Crippen LogP contribution is -2.41. The molecule has 2 saturated heterocycles. The summed E-state index contributed by atoms with van der Waals surface area (Å²) in [5, 5.41) is 3.08. The van der Waals surface area contributed by atoms with Crippen LogP contribution in [0.25, 0.3) is 0 Å². The average molecular weight is 412 g/mol. The molecule has 2 aromatic rings. The van der Waals surface area contributed by atoms with E-state index in [1.165, 1.54) is 0 Å². The zero-order valence-electron chi connectivity index (χ0n) is 17.2. The third-order valence-corrected chi connectivity index (χ3v) is 5.54. The number of piperidine rings is 1. The molecule has 3 heterocycles. The highest BCUT2D eigenvalue weighted by atomic mass is 16.5.